The maximum atomic E-state index is 12.7. The minimum atomic E-state index is -0.200. The van der Waals surface area contributed by atoms with E-state index >= 15 is 0 Å². The van der Waals surface area contributed by atoms with Crippen molar-refractivity contribution in [3.63, 3.8) is 0 Å². The Morgan fingerprint density at radius 2 is 1.73 bits per heavy atom. The molecule has 0 amide bonds. The Balaban J connectivity index is 3.25. The lowest BCUT2D eigenvalue weighted by Crippen LogP contribution is -1.85. The van der Waals surface area contributed by atoms with Crippen LogP contribution in [0.2, 0.25) is 0 Å². The Labute approximate surface area is 74.3 Å². The highest BCUT2D eigenvalue weighted by molar-refractivity contribution is 8.21. The number of benzene rings is 1. The molecule has 0 aliphatic heterocycles. The number of hydrogen-bond donors (Lipinski definition) is 0. The van der Waals surface area contributed by atoms with Crippen LogP contribution in [0, 0.1) is 19.7 Å². The molecule has 1 aromatic carbocycles. The fourth-order valence-electron chi connectivity index (χ4n) is 1.02. The van der Waals surface area contributed by atoms with Crippen LogP contribution in [0.3, 0.4) is 0 Å². The lowest BCUT2D eigenvalue weighted by molar-refractivity contribution is 0.623. The van der Waals surface area contributed by atoms with Gasteiger partial charge in [0.15, 0.2) is 0 Å². The Morgan fingerprint density at radius 1 is 1.27 bits per heavy atom. The summed E-state index contributed by atoms with van der Waals surface area (Å²) in [6.45, 7) is 3.70. The normalized spacial score (nSPS) is 10.2. The number of aryl methyl sites for hydroxylation is 2. The quantitative estimate of drug-likeness (QED) is 0.651. The van der Waals surface area contributed by atoms with Gasteiger partial charge in [-0.1, -0.05) is 0 Å². The minimum Gasteiger partial charge on any atom is -0.207 e. The first kappa shape index (κ1) is 8.88. The SMILES string of the molecule is Cc1cc(F)cc(C)c1SCl. The molecule has 0 saturated heterocycles. The van der Waals surface area contributed by atoms with Gasteiger partial charge in [0.1, 0.15) is 5.82 Å². The molecule has 0 aromatic heterocycles. The van der Waals surface area contributed by atoms with E-state index in [4.69, 9.17) is 10.7 Å². The first-order valence-corrected chi connectivity index (χ1v) is 4.84. The van der Waals surface area contributed by atoms with E-state index in [1.807, 2.05) is 13.8 Å². The van der Waals surface area contributed by atoms with Crippen molar-refractivity contribution in [2.45, 2.75) is 18.7 Å². The number of halogens is 2. The monoisotopic (exact) mass is 190 g/mol. The Hall–Kier alpha value is -0.210. The second-order valence-corrected chi connectivity index (χ2v) is 3.47. The predicted molar refractivity (Wildman–Crippen MR) is 47.6 cm³/mol. The van der Waals surface area contributed by atoms with Gasteiger partial charge in [-0.2, -0.15) is 0 Å². The van der Waals surface area contributed by atoms with Gasteiger partial charge in [0, 0.05) is 4.90 Å². The molecular formula is C8H8ClFS. The van der Waals surface area contributed by atoms with E-state index < -0.39 is 0 Å². The van der Waals surface area contributed by atoms with Crippen molar-refractivity contribution in [2.24, 2.45) is 0 Å². The largest absolute Gasteiger partial charge is 0.207 e. The highest BCUT2D eigenvalue weighted by atomic mass is 35.7. The van der Waals surface area contributed by atoms with Crippen molar-refractivity contribution in [3.8, 4) is 0 Å². The summed E-state index contributed by atoms with van der Waals surface area (Å²) in [6, 6.07) is 2.97. The summed E-state index contributed by atoms with van der Waals surface area (Å²) in [4.78, 5) is 0.952. The third-order valence-corrected chi connectivity index (χ3v) is 2.76. The van der Waals surface area contributed by atoms with Gasteiger partial charge in [-0.15, -0.1) is 0 Å². The van der Waals surface area contributed by atoms with Gasteiger partial charge < -0.3 is 0 Å². The lowest BCUT2D eigenvalue weighted by Gasteiger charge is -2.04. The molecule has 0 nitrogen and oxygen atoms in total. The van der Waals surface area contributed by atoms with Crippen molar-refractivity contribution in [3.05, 3.63) is 29.1 Å². The third-order valence-electron chi connectivity index (χ3n) is 1.50. The summed E-state index contributed by atoms with van der Waals surface area (Å²) in [5, 5.41) is 0. The average Bonchev–Trinajstić information content (AvgIpc) is 1.85. The maximum Gasteiger partial charge on any atom is 0.123 e. The van der Waals surface area contributed by atoms with E-state index in [1.165, 1.54) is 12.1 Å². The Bertz CT molecular complexity index is 250. The van der Waals surface area contributed by atoms with Gasteiger partial charge in [0.05, 0.1) is 0 Å². The van der Waals surface area contributed by atoms with E-state index in [-0.39, 0.29) is 5.82 Å². The zero-order valence-electron chi connectivity index (χ0n) is 6.32. The minimum absolute atomic E-state index is 0.200. The molecule has 0 saturated carbocycles. The van der Waals surface area contributed by atoms with Crippen LogP contribution >= 0.6 is 21.7 Å². The summed E-state index contributed by atoms with van der Waals surface area (Å²) in [7, 11) is 6.72. The van der Waals surface area contributed by atoms with E-state index in [0.29, 0.717) is 0 Å². The van der Waals surface area contributed by atoms with Gasteiger partial charge in [-0.3, -0.25) is 0 Å². The van der Waals surface area contributed by atoms with Crippen LogP contribution in [-0.2, 0) is 0 Å². The van der Waals surface area contributed by atoms with Crippen LogP contribution in [0.5, 0.6) is 0 Å². The van der Waals surface area contributed by atoms with Crippen molar-refractivity contribution in [1.29, 1.82) is 0 Å². The molecule has 0 radical (unpaired) electrons. The first-order chi connectivity index (χ1) is 5.15. The molecule has 0 heterocycles. The average molecular weight is 191 g/mol. The zero-order chi connectivity index (χ0) is 8.43. The lowest BCUT2D eigenvalue weighted by atomic mass is 10.1. The molecule has 0 N–H and O–H groups in total. The molecule has 1 aromatic rings. The predicted octanol–water partition coefficient (Wildman–Crippen LogP) is 3.69. The van der Waals surface area contributed by atoms with E-state index in [2.05, 4.69) is 0 Å². The highest BCUT2D eigenvalue weighted by Crippen LogP contribution is 2.29. The van der Waals surface area contributed by atoms with Gasteiger partial charge in [-0.05, 0) is 58.8 Å². The molecule has 0 bridgehead atoms. The smallest absolute Gasteiger partial charge is 0.123 e. The van der Waals surface area contributed by atoms with Gasteiger partial charge in [-0.25, -0.2) is 4.39 Å². The van der Waals surface area contributed by atoms with Crippen molar-refractivity contribution in [2.75, 3.05) is 0 Å². The molecular weight excluding hydrogens is 183 g/mol. The second kappa shape index (κ2) is 3.46. The standard InChI is InChI=1S/C8H8ClFS/c1-5-3-7(10)4-6(2)8(5)11-9/h3-4H,1-2H3. The molecule has 0 unspecified atom stereocenters. The van der Waals surface area contributed by atoms with Crippen molar-refractivity contribution in [1.82, 2.24) is 0 Å². The second-order valence-electron chi connectivity index (χ2n) is 2.45. The van der Waals surface area contributed by atoms with E-state index in [0.717, 1.165) is 27.0 Å². The van der Waals surface area contributed by atoms with Crippen LogP contribution in [0.1, 0.15) is 11.1 Å². The zero-order valence-corrected chi connectivity index (χ0v) is 7.89. The van der Waals surface area contributed by atoms with Crippen LogP contribution in [-0.4, -0.2) is 0 Å². The third kappa shape index (κ3) is 1.88. The van der Waals surface area contributed by atoms with E-state index in [1.54, 1.807) is 0 Å². The number of hydrogen-bond acceptors (Lipinski definition) is 1. The summed E-state index contributed by atoms with van der Waals surface area (Å²) < 4.78 is 12.7. The maximum absolute atomic E-state index is 12.7. The molecule has 0 aliphatic carbocycles. The van der Waals surface area contributed by atoms with Crippen LogP contribution in [0.4, 0.5) is 4.39 Å². The molecule has 0 atom stereocenters. The summed E-state index contributed by atoms with van der Waals surface area (Å²) >= 11 is 0. The fourth-order valence-corrected chi connectivity index (χ4v) is 2.11. The molecule has 0 fully saturated rings. The summed E-state index contributed by atoms with van der Waals surface area (Å²) in [5.41, 5.74) is 1.78. The van der Waals surface area contributed by atoms with Crippen LogP contribution < -0.4 is 0 Å². The van der Waals surface area contributed by atoms with E-state index in [9.17, 15) is 4.39 Å². The Morgan fingerprint density at radius 3 is 2.09 bits per heavy atom. The van der Waals surface area contributed by atoms with Gasteiger partial charge >= 0.3 is 0 Å². The van der Waals surface area contributed by atoms with Gasteiger partial charge in [0.25, 0.3) is 0 Å². The first-order valence-electron chi connectivity index (χ1n) is 3.20. The Kier molecular flexibility index (Phi) is 2.79. The fraction of sp³-hybridized carbons (Fsp3) is 0.250. The van der Waals surface area contributed by atoms with Crippen LogP contribution in [0.25, 0.3) is 0 Å². The highest BCUT2D eigenvalue weighted by Gasteiger charge is 2.03. The molecule has 11 heavy (non-hydrogen) atoms. The summed E-state index contributed by atoms with van der Waals surface area (Å²) in [6.07, 6.45) is 0. The van der Waals surface area contributed by atoms with Crippen molar-refractivity contribution < 1.29 is 4.39 Å². The van der Waals surface area contributed by atoms with Crippen LogP contribution in [0.15, 0.2) is 17.0 Å². The molecule has 0 spiro atoms. The summed E-state index contributed by atoms with van der Waals surface area (Å²) in [5.74, 6) is -0.200. The number of rotatable bonds is 1. The molecule has 0 aliphatic rings. The van der Waals surface area contributed by atoms with Crippen molar-refractivity contribution >= 4 is 21.7 Å². The van der Waals surface area contributed by atoms with Gasteiger partial charge in [0.2, 0.25) is 0 Å². The molecule has 60 valence electrons. The molecule has 1 rings (SSSR count). The topological polar surface area (TPSA) is 0 Å². The molecule has 3 heteroatoms.